The molecule has 0 bridgehead atoms. The normalized spacial score (nSPS) is 16.9. The van der Waals surface area contributed by atoms with Crippen LogP contribution in [0.4, 0.5) is 5.95 Å². The molecule has 0 amide bonds. The fourth-order valence-electron chi connectivity index (χ4n) is 3.04. The number of imidazole rings is 1. The van der Waals surface area contributed by atoms with Gasteiger partial charge < -0.3 is 5.11 Å². The number of hydrazone groups is 1. The number of allylic oxidation sites excluding steroid dienone is 1. The van der Waals surface area contributed by atoms with Crippen molar-refractivity contribution in [2.75, 3.05) is 18.2 Å². The van der Waals surface area contributed by atoms with Gasteiger partial charge in [0.05, 0.1) is 11.8 Å². The number of aromatic nitrogens is 4. The fourth-order valence-corrected chi connectivity index (χ4v) is 3.04. The molecule has 2 aromatic heterocycles. The van der Waals surface area contributed by atoms with Crippen LogP contribution in [-0.2, 0) is 13.6 Å². The maximum atomic E-state index is 12.9. The number of aliphatic hydroxyl groups is 1. The van der Waals surface area contributed by atoms with Gasteiger partial charge in [-0.2, -0.15) is 10.1 Å². The van der Waals surface area contributed by atoms with Crippen molar-refractivity contribution < 1.29 is 5.11 Å². The van der Waals surface area contributed by atoms with Gasteiger partial charge in [-0.05, 0) is 20.3 Å². The first-order valence-electron chi connectivity index (χ1n) is 8.18. The summed E-state index contributed by atoms with van der Waals surface area (Å²) in [7, 11) is 1.60. The van der Waals surface area contributed by atoms with Crippen molar-refractivity contribution in [1.82, 2.24) is 18.7 Å². The molecule has 9 nitrogen and oxygen atoms in total. The quantitative estimate of drug-likeness (QED) is 0.781. The third-order valence-electron chi connectivity index (χ3n) is 4.50. The molecule has 3 rings (SSSR count). The molecular weight excluding hydrogens is 324 g/mol. The van der Waals surface area contributed by atoms with Gasteiger partial charge in [-0.1, -0.05) is 6.08 Å². The predicted molar refractivity (Wildman–Crippen MR) is 96.3 cm³/mol. The summed E-state index contributed by atoms with van der Waals surface area (Å²) in [6.07, 6.45) is 2.04. The lowest BCUT2D eigenvalue weighted by Crippen LogP contribution is -2.40. The molecule has 0 spiro atoms. The van der Waals surface area contributed by atoms with E-state index in [2.05, 4.69) is 16.7 Å². The summed E-state index contributed by atoms with van der Waals surface area (Å²) in [6, 6.07) is -0.159. The molecule has 1 unspecified atom stereocenters. The van der Waals surface area contributed by atoms with Gasteiger partial charge in [0, 0.05) is 26.7 Å². The van der Waals surface area contributed by atoms with Crippen LogP contribution < -0.4 is 16.3 Å². The van der Waals surface area contributed by atoms with Crippen LogP contribution in [0.2, 0.25) is 0 Å². The van der Waals surface area contributed by atoms with E-state index >= 15 is 0 Å². The Hall–Kier alpha value is -2.68. The van der Waals surface area contributed by atoms with E-state index in [-0.39, 0.29) is 24.8 Å². The van der Waals surface area contributed by atoms with E-state index in [9.17, 15) is 9.59 Å². The van der Waals surface area contributed by atoms with Crippen molar-refractivity contribution in [2.24, 2.45) is 12.1 Å². The number of hydrogen-bond donors (Lipinski definition) is 1. The average molecular weight is 346 g/mol. The van der Waals surface area contributed by atoms with Crippen molar-refractivity contribution in [3.05, 3.63) is 33.5 Å². The van der Waals surface area contributed by atoms with Crippen LogP contribution in [0.25, 0.3) is 11.2 Å². The van der Waals surface area contributed by atoms with E-state index in [4.69, 9.17) is 5.11 Å². The number of aliphatic hydroxyl groups excluding tert-OH is 1. The van der Waals surface area contributed by atoms with Crippen LogP contribution in [-0.4, -0.2) is 42.7 Å². The number of fused-ring (bicyclic) bond motifs is 3. The summed E-state index contributed by atoms with van der Waals surface area (Å²) in [5, 5.41) is 15.3. The Morgan fingerprint density at radius 2 is 2.08 bits per heavy atom. The molecule has 1 N–H and O–H groups in total. The lowest BCUT2D eigenvalue weighted by atomic mass is 10.2. The standard InChI is InChI=1S/C16H22N6O3/c1-5-7-20-14(24)12-13(19(4)16(20)25)17-15-21(8-6-9-23)18-10(2)11(3)22(12)15/h5,11,23H,1,6-9H2,2-4H3. The average Bonchev–Trinajstić information content (AvgIpc) is 3.00. The molecule has 0 aromatic carbocycles. The summed E-state index contributed by atoms with van der Waals surface area (Å²) in [6.45, 7) is 8.08. The Kier molecular flexibility index (Phi) is 4.34. The van der Waals surface area contributed by atoms with Crippen molar-refractivity contribution in [3.63, 3.8) is 0 Å². The van der Waals surface area contributed by atoms with Crippen LogP contribution >= 0.6 is 0 Å². The number of anilines is 1. The molecule has 1 aliphatic heterocycles. The molecule has 134 valence electrons. The minimum absolute atomic E-state index is 0.0332. The Morgan fingerprint density at radius 3 is 2.72 bits per heavy atom. The van der Waals surface area contributed by atoms with E-state index in [0.29, 0.717) is 30.1 Å². The first-order valence-corrected chi connectivity index (χ1v) is 8.18. The van der Waals surface area contributed by atoms with Crippen molar-refractivity contribution >= 4 is 22.8 Å². The van der Waals surface area contributed by atoms with Crippen molar-refractivity contribution in [2.45, 2.75) is 32.9 Å². The zero-order valence-electron chi connectivity index (χ0n) is 14.6. The summed E-state index contributed by atoms with van der Waals surface area (Å²) >= 11 is 0. The Labute approximate surface area is 144 Å². The smallest absolute Gasteiger partial charge is 0.332 e. The summed E-state index contributed by atoms with van der Waals surface area (Å²) in [5.41, 5.74) is 0.708. The van der Waals surface area contributed by atoms with Gasteiger partial charge in [-0.3, -0.25) is 18.5 Å². The van der Waals surface area contributed by atoms with E-state index in [1.807, 2.05) is 18.4 Å². The van der Waals surface area contributed by atoms with Gasteiger partial charge in [0.25, 0.3) is 5.56 Å². The van der Waals surface area contributed by atoms with E-state index in [1.165, 1.54) is 10.6 Å². The topological polar surface area (TPSA) is 97.7 Å². The second-order valence-electron chi connectivity index (χ2n) is 6.12. The Morgan fingerprint density at radius 1 is 1.36 bits per heavy atom. The molecule has 1 atom stereocenters. The van der Waals surface area contributed by atoms with Crippen molar-refractivity contribution in [1.29, 1.82) is 0 Å². The highest BCUT2D eigenvalue weighted by Gasteiger charge is 2.30. The van der Waals surface area contributed by atoms with Gasteiger partial charge in [0.15, 0.2) is 11.2 Å². The first-order chi connectivity index (χ1) is 11.9. The molecule has 9 heteroatoms. The molecule has 3 heterocycles. The van der Waals surface area contributed by atoms with Gasteiger partial charge >= 0.3 is 5.69 Å². The zero-order chi connectivity index (χ0) is 18.3. The lowest BCUT2D eigenvalue weighted by Gasteiger charge is -2.29. The molecule has 0 saturated carbocycles. The number of hydrogen-bond acceptors (Lipinski definition) is 6. The van der Waals surface area contributed by atoms with E-state index in [0.717, 1.165) is 10.3 Å². The van der Waals surface area contributed by atoms with Crippen LogP contribution in [0, 0.1) is 0 Å². The molecule has 2 aromatic rings. The highest BCUT2D eigenvalue weighted by Crippen LogP contribution is 2.29. The van der Waals surface area contributed by atoms with Crippen LogP contribution in [0.5, 0.6) is 0 Å². The maximum absolute atomic E-state index is 12.9. The largest absolute Gasteiger partial charge is 0.396 e. The molecule has 25 heavy (non-hydrogen) atoms. The van der Waals surface area contributed by atoms with Crippen LogP contribution in [0.3, 0.4) is 0 Å². The minimum atomic E-state index is -0.431. The highest BCUT2D eigenvalue weighted by atomic mass is 16.3. The van der Waals surface area contributed by atoms with E-state index < -0.39 is 5.69 Å². The predicted octanol–water partition coefficient (Wildman–Crippen LogP) is 0.222. The third-order valence-corrected chi connectivity index (χ3v) is 4.50. The Bertz CT molecular complexity index is 980. The molecule has 1 aliphatic rings. The van der Waals surface area contributed by atoms with Crippen LogP contribution in [0.1, 0.15) is 26.3 Å². The number of aryl methyl sites for hydroxylation is 1. The third kappa shape index (κ3) is 2.51. The minimum Gasteiger partial charge on any atom is -0.396 e. The molecule has 0 aliphatic carbocycles. The second-order valence-corrected chi connectivity index (χ2v) is 6.12. The fraction of sp³-hybridized carbons (Fsp3) is 0.500. The van der Waals surface area contributed by atoms with Gasteiger partial charge in [-0.15, -0.1) is 6.58 Å². The highest BCUT2D eigenvalue weighted by molar-refractivity contribution is 5.91. The number of nitrogens with zero attached hydrogens (tertiary/aromatic N) is 6. The molecular formula is C16H22N6O3. The monoisotopic (exact) mass is 346 g/mol. The summed E-state index contributed by atoms with van der Waals surface area (Å²) in [5.74, 6) is 0.505. The van der Waals surface area contributed by atoms with Gasteiger partial charge in [0.1, 0.15) is 0 Å². The van der Waals surface area contributed by atoms with E-state index in [1.54, 1.807) is 12.1 Å². The van der Waals surface area contributed by atoms with Gasteiger partial charge in [-0.25, -0.2) is 9.80 Å². The van der Waals surface area contributed by atoms with Crippen molar-refractivity contribution in [3.8, 4) is 0 Å². The SMILES string of the molecule is C=CCn1c(=O)c2c(nc3n2C(C)C(C)=NN3CCCO)n(C)c1=O. The summed E-state index contributed by atoms with van der Waals surface area (Å²) in [4.78, 5) is 29.9. The second kappa shape index (κ2) is 6.32. The molecule has 0 fully saturated rings. The number of rotatable bonds is 5. The lowest BCUT2D eigenvalue weighted by molar-refractivity contribution is 0.289. The Balaban J connectivity index is 2.35. The summed E-state index contributed by atoms with van der Waals surface area (Å²) < 4.78 is 4.34. The first kappa shape index (κ1) is 17.2. The van der Waals surface area contributed by atoms with Gasteiger partial charge in [0.2, 0.25) is 5.95 Å². The maximum Gasteiger partial charge on any atom is 0.332 e. The van der Waals surface area contributed by atoms with Crippen LogP contribution in [0.15, 0.2) is 27.3 Å². The zero-order valence-corrected chi connectivity index (χ0v) is 14.6. The molecule has 0 radical (unpaired) electrons. The molecule has 0 saturated heterocycles.